The van der Waals surface area contributed by atoms with Crippen LogP contribution in [0.25, 0.3) is 11.1 Å². The Labute approximate surface area is 149 Å². The molecule has 0 atom stereocenters. The van der Waals surface area contributed by atoms with E-state index in [0.717, 1.165) is 6.20 Å². The number of hydrogen-bond acceptors (Lipinski definition) is 6. The minimum Gasteiger partial charge on any atom is -0.384 e. The van der Waals surface area contributed by atoms with Crippen LogP contribution < -0.4 is 11.1 Å². The van der Waals surface area contributed by atoms with E-state index >= 15 is 0 Å². The van der Waals surface area contributed by atoms with Gasteiger partial charge in [-0.1, -0.05) is 11.6 Å². The van der Waals surface area contributed by atoms with Crippen molar-refractivity contribution in [2.75, 3.05) is 30.8 Å². The Hall–Kier alpha value is -2.43. The van der Waals surface area contributed by atoms with Crippen LogP contribution in [0.5, 0.6) is 0 Å². The number of halogens is 2. The van der Waals surface area contributed by atoms with Gasteiger partial charge in [0.15, 0.2) is 0 Å². The second kappa shape index (κ2) is 7.21. The highest BCUT2D eigenvalue weighted by molar-refractivity contribution is 6.32. The summed E-state index contributed by atoms with van der Waals surface area (Å²) in [5, 5.41) is 12.9. The van der Waals surface area contributed by atoms with Crippen LogP contribution >= 0.6 is 11.6 Å². The van der Waals surface area contributed by atoms with E-state index in [1.807, 2.05) is 0 Å². The molecule has 0 amide bonds. The van der Waals surface area contributed by atoms with E-state index in [-0.39, 0.29) is 16.5 Å². The van der Waals surface area contributed by atoms with Gasteiger partial charge in [-0.15, -0.1) is 0 Å². The number of anilines is 2. The number of ether oxygens (including phenoxy) is 1. The van der Waals surface area contributed by atoms with Crippen LogP contribution in [0, 0.1) is 22.6 Å². The SMILES string of the molecule is N#CC1(CNc2cnc(Cl)c(-c3cc(N)ncc3F)c2)CCOCC1. The first-order valence-corrected chi connectivity index (χ1v) is 8.21. The van der Waals surface area contributed by atoms with Crippen LogP contribution in [0.3, 0.4) is 0 Å². The molecule has 0 spiro atoms. The van der Waals surface area contributed by atoms with Gasteiger partial charge in [-0.2, -0.15) is 5.26 Å². The van der Waals surface area contributed by atoms with Crippen molar-refractivity contribution in [2.45, 2.75) is 12.8 Å². The molecule has 1 saturated heterocycles. The fraction of sp³-hybridized carbons (Fsp3) is 0.353. The number of nitrogens with zero attached hydrogens (tertiary/aromatic N) is 3. The topological polar surface area (TPSA) is 96.9 Å². The van der Waals surface area contributed by atoms with Gasteiger partial charge in [0.25, 0.3) is 0 Å². The summed E-state index contributed by atoms with van der Waals surface area (Å²) in [6, 6.07) is 5.49. The first kappa shape index (κ1) is 17.4. The van der Waals surface area contributed by atoms with Gasteiger partial charge in [-0.3, -0.25) is 0 Å². The normalized spacial score (nSPS) is 16.2. The predicted octanol–water partition coefficient (Wildman–Crippen LogP) is 3.25. The second-order valence-corrected chi connectivity index (χ2v) is 6.37. The van der Waals surface area contributed by atoms with Crippen molar-refractivity contribution in [3.05, 3.63) is 35.5 Å². The van der Waals surface area contributed by atoms with Gasteiger partial charge in [0.05, 0.1) is 29.6 Å². The summed E-state index contributed by atoms with van der Waals surface area (Å²) in [6.45, 7) is 1.60. The summed E-state index contributed by atoms with van der Waals surface area (Å²) in [5.41, 5.74) is 6.45. The van der Waals surface area contributed by atoms with Crippen molar-refractivity contribution in [1.82, 2.24) is 9.97 Å². The lowest BCUT2D eigenvalue weighted by molar-refractivity contribution is 0.0456. The Balaban J connectivity index is 1.84. The number of rotatable bonds is 4. The molecular formula is C17H17ClFN5O. The average molecular weight is 362 g/mol. The third-order valence-corrected chi connectivity index (χ3v) is 4.62. The van der Waals surface area contributed by atoms with Gasteiger partial charge < -0.3 is 15.8 Å². The highest BCUT2D eigenvalue weighted by Gasteiger charge is 2.32. The van der Waals surface area contributed by atoms with E-state index in [4.69, 9.17) is 22.1 Å². The molecule has 3 rings (SSSR count). The predicted molar refractivity (Wildman–Crippen MR) is 93.4 cm³/mol. The van der Waals surface area contributed by atoms with Crippen molar-refractivity contribution in [3.8, 4) is 17.2 Å². The first-order valence-electron chi connectivity index (χ1n) is 7.83. The summed E-state index contributed by atoms with van der Waals surface area (Å²) in [6.07, 6.45) is 3.94. The quantitative estimate of drug-likeness (QED) is 0.811. The van der Waals surface area contributed by atoms with Crippen molar-refractivity contribution in [3.63, 3.8) is 0 Å². The molecule has 3 N–H and O–H groups in total. The monoisotopic (exact) mass is 361 g/mol. The number of nitrogens with two attached hydrogens (primary N) is 1. The molecule has 0 aliphatic carbocycles. The van der Waals surface area contributed by atoms with Crippen molar-refractivity contribution >= 4 is 23.1 Å². The molecule has 8 heteroatoms. The van der Waals surface area contributed by atoms with Crippen LogP contribution in [0.1, 0.15) is 12.8 Å². The zero-order chi connectivity index (χ0) is 17.9. The lowest BCUT2D eigenvalue weighted by Crippen LogP contribution is -2.34. The zero-order valence-electron chi connectivity index (χ0n) is 13.4. The Morgan fingerprint density at radius 2 is 2.04 bits per heavy atom. The summed E-state index contributed by atoms with van der Waals surface area (Å²) in [4.78, 5) is 7.82. The van der Waals surface area contributed by atoms with E-state index in [2.05, 4.69) is 21.4 Å². The highest BCUT2D eigenvalue weighted by atomic mass is 35.5. The third kappa shape index (κ3) is 3.81. The van der Waals surface area contributed by atoms with Crippen LogP contribution in [0.2, 0.25) is 5.15 Å². The molecule has 0 unspecified atom stereocenters. The number of nitrogens with one attached hydrogen (secondary N) is 1. The van der Waals surface area contributed by atoms with Gasteiger partial charge in [0.2, 0.25) is 0 Å². The minimum absolute atomic E-state index is 0.163. The minimum atomic E-state index is -0.534. The molecule has 6 nitrogen and oxygen atoms in total. The van der Waals surface area contributed by atoms with Gasteiger partial charge >= 0.3 is 0 Å². The van der Waals surface area contributed by atoms with Gasteiger partial charge in [-0.25, -0.2) is 14.4 Å². The largest absolute Gasteiger partial charge is 0.384 e. The highest BCUT2D eigenvalue weighted by Crippen LogP contribution is 2.33. The van der Waals surface area contributed by atoms with Crippen LogP contribution in [0.15, 0.2) is 24.5 Å². The molecule has 3 heterocycles. The zero-order valence-corrected chi connectivity index (χ0v) is 14.2. The molecule has 0 aromatic carbocycles. The van der Waals surface area contributed by atoms with Gasteiger partial charge in [0, 0.05) is 30.9 Å². The van der Waals surface area contributed by atoms with Crippen LogP contribution in [-0.2, 0) is 4.74 Å². The molecule has 2 aromatic heterocycles. The maximum absolute atomic E-state index is 14.1. The Bertz CT molecular complexity index is 817. The van der Waals surface area contributed by atoms with Gasteiger partial charge in [-0.05, 0) is 25.0 Å². The third-order valence-electron chi connectivity index (χ3n) is 4.32. The van der Waals surface area contributed by atoms with Crippen molar-refractivity contribution in [2.24, 2.45) is 5.41 Å². The Morgan fingerprint density at radius 3 is 2.76 bits per heavy atom. The molecule has 25 heavy (non-hydrogen) atoms. The summed E-state index contributed by atoms with van der Waals surface area (Å²) >= 11 is 6.12. The molecule has 1 aliphatic heterocycles. The molecular weight excluding hydrogens is 345 g/mol. The van der Waals surface area contributed by atoms with Crippen LogP contribution in [-0.4, -0.2) is 29.7 Å². The van der Waals surface area contributed by atoms with Crippen LogP contribution in [0.4, 0.5) is 15.9 Å². The fourth-order valence-electron chi connectivity index (χ4n) is 2.76. The number of hydrogen-bond donors (Lipinski definition) is 2. The summed E-state index contributed by atoms with van der Waals surface area (Å²) < 4.78 is 19.4. The Kier molecular flexibility index (Phi) is 5.02. The maximum Gasteiger partial charge on any atom is 0.149 e. The van der Waals surface area contributed by atoms with Crippen molar-refractivity contribution in [1.29, 1.82) is 5.26 Å². The standard InChI is InChI=1S/C17H17ClFN5O/c18-16-13(12-6-15(21)22-8-14(12)19)5-11(7-23-16)24-10-17(9-20)1-3-25-4-2-17/h5-8,24H,1-4,10H2,(H2,21,22). The Morgan fingerprint density at radius 1 is 1.28 bits per heavy atom. The van der Waals surface area contributed by atoms with E-state index in [9.17, 15) is 9.65 Å². The molecule has 0 saturated carbocycles. The van der Waals surface area contributed by atoms with E-state index in [1.165, 1.54) is 6.07 Å². The summed E-state index contributed by atoms with van der Waals surface area (Å²) in [5.74, 6) is -0.343. The lowest BCUT2D eigenvalue weighted by atomic mass is 9.81. The number of aromatic nitrogens is 2. The number of nitrogen functional groups attached to an aromatic ring is 1. The van der Waals surface area contributed by atoms with Crippen molar-refractivity contribution < 1.29 is 9.13 Å². The average Bonchev–Trinajstić information content (AvgIpc) is 2.64. The fourth-order valence-corrected chi connectivity index (χ4v) is 2.96. The smallest absolute Gasteiger partial charge is 0.149 e. The maximum atomic E-state index is 14.1. The second-order valence-electron chi connectivity index (χ2n) is 6.01. The lowest BCUT2D eigenvalue weighted by Gasteiger charge is -2.31. The van der Waals surface area contributed by atoms with Gasteiger partial charge in [0.1, 0.15) is 16.8 Å². The molecule has 0 radical (unpaired) electrons. The molecule has 2 aromatic rings. The first-order chi connectivity index (χ1) is 12.0. The van der Waals surface area contributed by atoms with E-state index < -0.39 is 11.2 Å². The van der Waals surface area contributed by atoms with E-state index in [0.29, 0.717) is 43.9 Å². The molecule has 0 bridgehead atoms. The number of nitriles is 1. The number of pyridine rings is 2. The van der Waals surface area contributed by atoms with E-state index in [1.54, 1.807) is 12.3 Å². The molecule has 130 valence electrons. The molecule has 1 aliphatic rings. The summed E-state index contributed by atoms with van der Waals surface area (Å²) in [7, 11) is 0. The molecule has 1 fully saturated rings.